The molecule has 0 aliphatic rings. The average Bonchev–Trinajstić information content (AvgIpc) is 2.88. The minimum Gasteiger partial charge on any atom is -0.338 e. The number of rotatable bonds is 5. The smallest absolute Gasteiger partial charge is 0.240 e. The van der Waals surface area contributed by atoms with E-state index in [-0.39, 0.29) is 0 Å². The van der Waals surface area contributed by atoms with Crippen LogP contribution in [0.2, 0.25) is 10.0 Å². The monoisotopic (exact) mass is 299 g/mol. The van der Waals surface area contributed by atoms with Gasteiger partial charge in [-0.15, -0.1) is 0 Å². The van der Waals surface area contributed by atoms with Crippen molar-refractivity contribution in [1.82, 2.24) is 15.5 Å². The molecule has 0 aliphatic carbocycles. The third-order valence-corrected chi connectivity index (χ3v) is 3.60. The molecule has 19 heavy (non-hydrogen) atoms. The lowest BCUT2D eigenvalue weighted by Crippen LogP contribution is -2.24. The van der Waals surface area contributed by atoms with Crippen LogP contribution in [-0.4, -0.2) is 16.2 Å². The minimum atomic E-state index is 0.417. The summed E-state index contributed by atoms with van der Waals surface area (Å²) in [7, 11) is 0. The van der Waals surface area contributed by atoms with E-state index < -0.39 is 0 Å². The first-order valence-corrected chi connectivity index (χ1v) is 6.87. The van der Waals surface area contributed by atoms with Gasteiger partial charge in [0.05, 0.1) is 16.6 Å². The van der Waals surface area contributed by atoms with Crippen molar-refractivity contribution in [3.8, 4) is 11.4 Å². The van der Waals surface area contributed by atoms with Crippen LogP contribution in [-0.2, 0) is 6.54 Å². The van der Waals surface area contributed by atoms with Crippen LogP contribution >= 0.6 is 23.2 Å². The van der Waals surface area contributed by atoms with Crippen LogP contribution in [0.3, 0.4) is 0 Å². The molecule has 0 spiro atoms. The third-order valence-electron chi connectivity index (χ3n) is 2.86. The highest BCUT2D eigenvalue weighted by Crippen LogP contribution is 2.26. The molecule has 1 heterocycles. The van der Waals surface area contributed by atoms with E-state index in [4.69, 9.17) is 27.7 Å². The van der Waals surface area contributed by atoms with Crippen LogP contribution in [0.5, 0.6) is 0 Å². The van der Waals surface area contributed by atoms with E-state index in [0.717, 1.165) is 12.0 Å². The summed E-state index contributed by atoms with van der Waals surface area (Å²) in [5, 5.41) is 8.21. The first-order chi connectivity index (χ1) is 9.10. The molecule has 0 saturated heterocycles. The zero-order valence-electron chi connectivity index (χ0n) is 10.8. The molecule has 6 heteroatoms. The van der Waals surface area contributed by atoms with Gasteiger partial charge in [-0.05, 0) is 31.5 Å². The maximum absolute atomic E-state index is 5.96. The Bertz CT molecular complexity index is 557. The quantitative estimate of drug-likeness (QED) is 0.909. The van der Waals surface area contributed by atoms with Crippen molar-refractivity contribution in [3.05, 3.63) is 34.1 Å². The molecule has 0 amide bonds. The predicted octanol–water partition coefficient (Wildman–Crippen LogP) is 3.93. The lowest BCUT2D eigenvalue weighted by molar-refractivity contribution is 0.358. The summed E-state index contributed by atoms with van der Waals surface area (Å²) in [6, 6.07) is 5.67. The standard InChI is InChI=1S/C13H15Cl2N3O/c1-3-8(2)16-7-12-17-13(18-19-12)9-4-5-10(14)11(15)6-9/h4-6,8,16H,3,7H2,1-2H3. The number of aromatic nitrogens is 2. The van der Waals surface area contributed by atoms with Gasteiger partial charge in [0.15, 0.2) is 0 Å². The van der Waals surface area contributed by atoms with Crippen LogP contribution in [0.25, 0.3) is 11.4 Å². The number of halogens is 2. The molecule has 1 aromatic heterocycles. The van der Waals surface area contributed by atoms with Crippen LogP contribution in [0.4, 0.5) is 0 Å². The molecular formula is C13H15Cl2N3O. The molecule has 0 bridgehead atoms. The Labute approximate surface area is 122 Å². The molecule has 2 aromatic rings. The van der Waals surface area contributed by atoms with Gasteiger partial charge >= 0.3 is 0 Å². The van der Waals surface area contributed by atoms with Gasteiger partial charge in [-0.2, -0.15) is 4.98 Å². The van der Waals surface area contributed by atoms with Crippen molar-refractivity contribution in [2.45, 2.75) is 32.9 Å². The number of nitrogens with zero attached hydrogens (tertiary/aromatic N) is 2. The van der Waals surface area contributed by atoms with Gasteiger partial charge in [0.25, 0.3) is 0 Å². The zero-order chi connectivity index (χ0) is 13.8. The van der Waals surface area contributed by atoms with E-state index in [1.807, 2.05) is 6.07 Å². The second-order valence-electron chi connectivity index (χ2n) is 4.33. The second-order valence-corrected chi connectivity index (χ2v) is 5.15. The van der Waals surface area contributed by atoms with Gasteiger partial charge < -0.3 is 9.84 Å². The third kappa shape index (κ3) is 3.69. The predicted molar refractivity (Wildman–Crippen MR) is 76.3 cm³/mol. The molecule has 1 aromatic carbocycles. The Morgan fingerprint density at radius 3 is 2.79 bits per heavy atom. The lowest BCUT2D eigenvalue weighted by atomic mass is 10.2. The Morgan fingerprint density at radius 2 is 2.11 bits per heavy atom. The highest BCUT2D eigenvalue weighted by atomic mass is 35.5. The summed E-state index contributed by atoms with van der Waals surface area (Å²) in [5.41, 5.74) is 0.785. The summed E-state index contributed by atoms with van der Waals surface area (Å²) in [5.74, 6) is 1.07. The fraction of sp³-hybridized carbons (Fsp3) is 0.385. The molecule has 0 aliphatic heterocycles. The van der Waals surface area contributed by atoms with Crippen molar-refractivity contribution >= 4 is 23.2 Å². The minimum absolute atomic E-state index is 0.417. The van der Waals surface area contributed by atoms with Crippen molar-refractivity contribution in [3.63, 3.8) is 0 Å². The Hall–Kier alpha value is -1.10. The first-order valence-electron chi connectivity index (χ1n) is 6.11. The summed E-state index contributed by atoms with van der Waals surface area (Å²) in [6.07, 6.45) is 1.05. The molecule has 1 N–H and O–H groups in total. The van der Waals surface area contributed by atoms with Crippen LogP contribution in [0.1, 0.15) is 26.2 Å². The van der Waals surface area contributed by atoms with E-state index in [0.29, 0.717) is 34.3 Å². The van der Waals surface area contributed by atoms with Gasteiger partial charge in [0.2, 0.25) is 11.7 Å². The van der Waals surface area contributed by atoms with E-state index in [2.05, 4.69) is 29.3 Å². The fourth-order valence-corrected chi connectivity index (χ4v) is 1.78. The maximum Gasteiger partial charge on any atom is 0.240 e. The van der Waals surface area contributed by atoms with E-state index in [1.54, 1.807) is 12.1 Å². The molecule has 2 rings (SSSR count). The normalized spacial score (nSPS) is 12.6. The molecule has 4 nitrogen and oxygen atoms in total. The molecule has 102 valence electrons. The topological polar surface area (TPSA) is 51.0 Å². The van der Waals surface area contributed by atoms with Crippen molar-refractivity contribution in [2.24, 2.45) is 0 Å². The maximum atomic E-state index is 5.96. The largest absolute Gasteiger partial charge is 0.338 e. The van der Waals surface area contributed by atoms with Crippen molar-refractivity contribution < 1.29 is 4.52 Å². The van der Waals surface area contributed by atoms with Gasteiger partial charge in [0.1, 0.15) is 0 Å². The van der Waals surface area contributed by atoms with Gasteiger partial charge in [0, 0.05) is 11.6 Å². The number of hydrogen-bond donors (Lipinski definition) is 1. The van der Waals surface area contributed by atoms with Gasteiger partial charge in [-0.3, -0.25) is 0 Å². The lowest BCUT2D eigenvalue weighted by Gasteiger charge is -2.07. The highest BCUT2D eigenvalue weighted by molar-refractivity contribution is 6.42. The summed E-state index contributed by atoms with van der Waals surface area (Å²) in [4.78, 5) is 4.32. The number of nitrogens with one attached hydrogen (secondary N) is 1. The average molecular weight is 300 g/mol. The van der Waals surface area contributed by atoms with Crippen molar-refractivity contribution in [2.75, 3.05) is 0 Å². The first kappa shape index (κ1) is 14.3. The Morgan fingerprint density at radius 1 is 1.32 bits per heavy atom. The molecule has 0 radical (unpaired) electrons. The number of hydrogen-bond acceptors (Lipinski definition) is 4. The molecule has 1 unspecified atom stereocenters. The summed E-state index contributed by atoms with van der Waals surface area (Å²) < 4.78 is 5.18. The number of benzene rings is 1. The van der Waals surface area contributed by atoms with E-state index in [1.165, 1.54) is 0 Å². The SMILES string of the molecule is CCC(C)NCc1nc(-c2ccc(Cl)c(Cl)c2)no1. The van der Waals surface area contributed by atoms with Crippen LogP contribution < -0.4 is 5.32 Å². The second kappa shape index (κ2) is 6.37. The summed E-state index contributed by atoms with van der Waals surface area (Å²) in [6.45, 7) is 4.78. The van der Waals surface area contributed by atoms with Crippen LogP contribution in [0, 0.1) is 0 Å². The molecule has 0 fully saturated rings. The summed E-state index contributed by atoms with van der Waals surface area (Å²) >= 11 is 11.8. The van der Waals surface area contributed by atoms with E-state index >= 15 is 0 Å². The van der Waals surface area contributed by atoms with Crippen LogP contribution in [0.15, 0.2) is 22.7 Å². The molecule has 0 saturated carbocycles. The van der Waals surface area contributed by atoms with Crippen molar-refractivity contribution in [1.29, 1.82) is 0 Å². The highest BCUT2D eigenvalue weighted by Gasteiger charge is 2.10. The molecule has 1 atom stereocenters. The van der Waals surface area contributed by atoms with Gasteiger partial charge in [-0.25, -0.2) is 0 Å². The van der Waals surface area contributed by atoms with E-state index in [9.17, 15) is 0 Å². The fourth-order valence-electron chi connectivity index (χ4n) is 1.49. The Kier molecular flexibility index (Phi) is 4.80. The zero-order valence-corrected chi connectivity index (χ0v) is 12.3. The van der Waals surface area contributed by atoms with Gasteiger partial charge in [-0.1, -0.05) is 35.3 Å². The Balaban J connectivity index is 2.09. The molecular weight excluding hydrogens is 285 g/mol.